The van der Waals surface area contributed by atoms with Crippen LogP contribution in [0.5, 0.6) is 11.5 Å². The summed E-state index contributed by atoms with van der Waals surface area (Å²) in [5.41, 5.74) is -0.263. The van der Waals surface area contributed by atoms with E-state index in [0.29, 0.717) is 10.8 Å². The largest absolute Gasteiger partial charge is 0.489 e. The monoisotopic (exact) mass is 362 g/mol. The molecular formula is C20H14F4O2. The Morgan fingerprint density at radius 2 is 1.38 bits per heavy atom. The van der Waals surface area contributed by atoms with E-state index in [1.807, 2.05) is 0 Å². The van der Waals surface area contributed by atoms with Gasteiger partial charge in [0, 0.05) is 12.1 Å². The second kappa shape index (κ2) is 7.47. The zero-order valence-electron chi connectivity index (χ0n) is 13.6. The van der Waals surface area contributed by atoms with Gasteiger partial charge in [-0.15, -0.1) is 0 Å². The van der Waals surface area contributed by atoms with Crippen molar-refractivity contribution in [2.45, 2.75) is 6.61 Å². The third-order valence-corrected chi connectivity index (χ3v) is 3.72. The second-order valence-corrected chi connectivity index (χ2v) is 5.53. The quantitative estimate of drug-likeness (QED) is 0.423. The summed E-state index contributed by atoms with van der Waals surface area (Å²) in [6.45, 7) is 3.22. The van der Waals surface area contributed by atoms with E-state index in [1.165, 1.54) is 24.3 Å². The van der Waals surface area contributed by atoms with Crippen LogP contribution in [0.15, 0.2) is 55.1 Å². The molecule has 0 fully saturated rings. The maximum atomic E-state index is 14.1. The van der Waals surface area contributed by atoms with Gasteiger partial charge in [0.25, 0.3) is 0 Å². The van der Waals surface area contributed by atoms with Crippen LogP contribution in [0.3, 0.4) is 0 Å². The van der Waals surface area contributed by atoms with E-state index >= 15 is 0 Å². The predicted molar refractivity (Wildman–Crippen MR) is 90.2 cm³/mol. The fraction of sp³-hybridized carbons (Fsp3) is 0.100. The van der Waals surface area contributed by atoms with Crippen LogP contribution >= 0.6 is 0 Å². The van der Waals surface area contributed by atoms with Crippen molar-refractivity contribution < 1.29 is 27.0 Å². The minimum Gasteiger partial charge on any atom is -0.489 e. The van der Waals surface area contributed by atoms with Crippen LogP contribution in [0.1, 0.15) is 5.56 Å². The molecule has 2 nitrogen and oxygen atoms in total. The number of fused-ring (bicyclic) bond motifs is 1. The number of halogens is 4. The zero-order valence-corrected chi connectivity index (χ0v) is 13.6. The Kier molecular flexibility index (Phi) is 5.11. The molecule has 0 bridgehead atoms. The van der Waals surface area contributed by atoms with Gasteiger partial charge in [-0.2, -0.15) is 0 Å². The fourth-order valence-corrected chi connectivity index (χ4v) is 2.42. The molecule has 0 saturated heterocycles. The van der Waals surface area contributed by atoms with Crippen LogP contribution in [0.4, 0.5) is 17.6 Å². The van der Waals surface area contributed by atoms with Gasteiger partial charge in [0.15, 0.2) is 11.6 Å². The highest BCUT2D eigenvalue weighted by Crippen LogP contribution is 2.26. The molecule has 0 N–H and O–H groups in total. The average molecular weight is 362 g/mol. The first kappa shape index (κ1) is 17.8. The standard InChI is InChI=1S/C20H14F4O2/c1-2-5-25-15-9-17(21)16(18(22)10-15)11-26-14-4-3-12-7-19(23)20(24)8-13(12)6-14/h2-4,6-10H,1,5,11H2. The van der Waals surface area contributed by atoms with Gasteiger partial charge < -0.3 is 9.47 Å². The summed E-state index contributed by atoms with van der Waals surface area (Å²) in [4.78, 5) is 0. The molecule has 134 valence electrons. The van der Waals surface area contributed by atoms with Gasteiger partial charge in [-0.3, -0.25) is 0 Å². The first-order chi connectivity index (χ1) is 12.5. The molecule has 0 aliphatic carbocycles. The molecule has 3 rings (SSSR count). The maximum absolute atomic E-state index is 14.1. The van der Waals surface area contributed by atoms with Gasteiger partial charge in [0.2, 0.25) is 0 Å². The van der Waals surface area contributed by atoms with Gasteiger partial charge >= 0.3 is 0 Å². The molecule has 3 aromatic carbocycles. The molecule has 0 aliphatic heterocycles. The van der Waals surface area contributed by atoms with Crippen LogP contribution in [-0.2, 0) is 6.61 Å². The number of hydrogen-bond donors (Lipinski definition) is 0. The summed E-state index contributed by atoms with van der Waals surface area (Å²) < 4.78 is 65.2. The van der Waals surface area contributed by atoms with Crippen molar-refractivity contribution in [1.82, 2.24) is 0 Å². The van der Waals surface area contributed by atoms with Crippen LogP contribution in [0, 0.1) is 23.3 Å². The molecule has 0 aliphatic rings. The van der Waals surface area contributed by atoms with Gasteiger partial charge in [0.1, 0.15) is 36.3 Å². The average Bonchev–Trinajstić information content (AvgIpc) is 2.60. The Morgan fingerprint density at radius 3 is 2.04 bits per heavy atom. The second-order valence-electron chi connectivity index (χ2n) is 5.53. The molecule has 26 heavy (non-hydrogen) atoms. The lowest BCUT2D eigenvalue weighted by molar-refractivity contribution is 0.291. The SMILES string of the molecule is C=CCOc1cc(F)c(COc2ccc3cc(F)c(F)cc3c2)c(F)c1. The normalized spacial score (nSPS) is 10.8. The Hall–Kier alpha value is -3.02. The van der Waals surface area contributed by atoms with Crippen molar-refractivity contribution in [3.05, 3.63) is 84.0 Å². The molecule has 0 saturated carbocycles. The molecule has 0 unspecified atom stereocenters. The van der Waals surface area contributed by atoms with Crippen LogP contribution < -0.4 is 9.47 Å². The van der Waals surface area contributed by atoms with Crippen molar-refractivity contribution in [2.75, 3.05) is 6.61 Å². The summed E-state index contributed by atoms with van der Waals surface area (Å²) in [5, 5.41) is 0.896. The Bertz CT molecular complexity index is 946. The van der Waals surface area contributed by atoms with Gasteiger partial charge in [-0.05, 0) is 35.0 Å². The van der Waals surface area contributed by atoms with Gasteiger partial charge in [0.05, 0.1) is 5.56 Å². The Balaban J connectivity index is 1.79. The third kappa shape index (κ3) is 3.79. The topological polar surface area (TPSA) is 18.5 Å². The highest BCUT2D eigenvalue weighted by molar-refractivity contribution is 5.84. The van der Waals surface area contributed by atoms with Crippen LogP contribution in [-0.4, -0.2) is 6.61 Å². The van der Waals surface area contributed by atoms with E-state index in [4.69, 9.17) is 9.47 Å². The van der Waals surface area contributed by atoms with Crippen molar-refractivity contribution in [3.63, 3.8) is 0 Å². The van der Waals surface area contributed by atoms with Crippen molar-refractivity contribution >= 4 is 10.8 Å². The van der Waals surface area contributed by atoms with E-state index in [0.717, 1.165) is 24.3 Å². The lowest BCUT2D eigenvalue weighted by atomic mass is 10.1. The van der Waals surface area contributed by atoms with Gasteiger partial charge in [-0.1, -0.05) is 18.7 Å². The summed E-state index contributed by atoms with van der Waals surface area (Å²) in [6.07, 6.45) is 1.46. The van der Waals surface area contributed by atoms with Crippen molar-refractivity contribution in [1.29, 1.82) is 0 Å². The van der Waals surface area contributed by atoms with Crippen LogP contribution in [0.25, 0.3) is 10.8 Å². The number of ether oxygens (including phenoxy) is 2. The van der Waals surface area contributed by atoms with E-state index in [1.54, 1.807) is 0 Å². The number of benzene rings is 3. The van der Waals surface area contributed by atoms with E-state index in [-0.39, 0.29) is 30.3 Å². The highest BCUT2D eigenvalue weighted by atomic mass is 19.2. The minimum atomic E-state index is -0.984. The molecule has 0 heterocycles. The lowest BCUT2D eigenvalue weighted by Gasteiger charge is -2.11. The number of rotatable bonds is 6. The lowest BCUT2D eigenvalue weighted by Crippen LogP contribution is -2.04. The smallest absolute Gasteiger partial charge is 0.159 e. The Labute approximate surface area is 147 Å². The first-order valence-electron chi connectivity index (χ1n) is 7.71. The molecule has 0 amide bonds. The molecule has 0 radical (unpaired) electrons. The van der Waals surface area contributed by atoms with Crippen molar-refractivity contribution in [2.24, 2.45) is 0 Å². The van der Waals surface area contributed by atoms with Crippen LogP contribution in [0.2, 0.25) is 0 Å². The molecular weight excluding hydrogens is 348 g/mol. The molecule has 0 aromatic heterocycles. The predicted octanol–water partition coefficient (Wildman–Crippen LogP) is 5.54. The summed E-state index contributed by atoms with van der Waals surface area (Å²) in [5.74, 6) is -3.23. The zero-order chi connectivity index (χ0) is 18.7. The molecule has 3 aromatic rings. The maximum Gasteiger partial charge on any atom is 0.159 e. The summed E-state index contributed by atoms with van der Waals surface area (Å²) in [7, 11) is 0. The Morgan fingerprint density at radius 1 is 0.731 bits per heavy atom. The third-order valence-electron chi connectivity index (χ3n) is 3.72. The summed E-state index contributed by atoms with van der Waals surface area (Å²) in [6, 6.07) is 8.73. The fourth-order valence-electron chi connectivity index (χ4n) is 2.42. The molecule has 6 heteroatoms. The van der Waals surface area contributed by atoms with Gasteiger partial charge in [-0.25, -0.2) is 17.6 Å². The number of hydrogen-bond acceptors (Lipinski definition) is 2. The van der Waals surface area contributed by atoms with E-state index in [2.05, 4.69) is 6.58 Å². The van der Waals surface area contributed by atoms with E-state index in [9.17, 15) is 17.6 Å². The first-order valence-corrected chi connectivity index (χ1v) is 7.71. The molecule has 0 spiro atoms. The summed E-state index contributed by atoms with van der Waals surface area (Å²) >= 11 is 0. The minimum absolute atomic E-state index is 0.0480. The highest BCUT2D eigenvalue weighted by Gasteiger charge is 2.13. The van der Waals surface area contributed by atoms with Crippen molar-refractivity contribution in [3.8, 4) is 11.5 Å². The van der Waals surface area contributed by atoms with E-state index < -0.39 is 23.3 Å². The molecule has 0 atom stereocenters.